The van der Waals surface area contributed by atoms with Crippen molar-refractivity contribution in [3.8, 4) is 0 Å². The van der Waals surface area contributed by atoms with Crippen LogP contribution in [-0.4, -0.2) is 73.3 Å². The molecule has 1 aromatic carbocycles. The number of nitrogens with one attached hydrogen (secondary N) is 1. The van der Waals surface area contributed by atoms with Gasteiger partial charge in [0, 0.05) is 59.3 Å². The second-order valence-corrected chi connectivity index (χ2v) is 7.24. The first-order valence-corrected chi connectivity index (χ1v) is 9.02. The van der Waals surface area contributed by atoms with Crippen molar-refractivity contribution in [1.82, 2.24) is 20.0 Å². The number of benzene rings is 1. The molecule has 1 aromatic rings. The van der Waals surface area contributed by atoms with Crippen LogP contribution in [0.1, 0.15) is 17.5 Å². The summed E-state index contributed by atoms with van der Waals surface area (Å²) in [5, 5.41) is 3.02. The Balaban J connectivity index is 1.56. The van der Waals surface area contributed by atoms with Crippen molar-refractivity contribution in [1.29, 1.82) is 0 Å². The summed E-state index contributed by atoms with van der Waals surface area (Å²) in [5.41, 5.74) is 2.43. The number of hydrogen-bond acceptors (Lipinski definition) is 4. The van der Waals surface area contributed by atoms with Gasteiger partial charge in [-0.2, -0.15) is 0 Å². The number of carbonyl (C=O) groups is 2. The van der Waals surface area contributed by atoms with Gasteiger partial charge in [-0.05, 0) is 18.2 Å². The highest BCUT2D eigenvalue weighted by atomic mass is 16.2. The molecule has 6 nitrogen and oxygen atoms in total. The molecule has 2 saturated heterocycles. The molecule has 1 N–H and O–H groups in total. The van der Waals surface area contributed by atoms with Crippen LogP contribution in [0.2, 0.25) is 0 Å². The van der Waals surface area contributed by atoms with Gasteiger partial charge in [0.05, 0.1) is 5.92 Å². The molecule has 0 saturated carbocycles. The summed E-state index contributed by atoms with van der Waals surface area (Å²) < 4.78 is 0. The summed E-state index contributed by atoms with van der Waals surface area (Å²) in [7, 11) is 3.91. The molecule has 0 spiro atoms. The first-order chi connectivity index (χ1) is 12.0. The molecule has 25 heavy (non-hydrogen) atoms. The number of amides is 2. The zero-order valence-corrected chi connectivity index (χ0v) is 15.2. The van der Waals surface area contributed by atoms with E-state index in [0.717, 1.165) is 38.3 Å². The number of likely N-dealkylation sites (N-methyl/N-ethyl adjacent to an activating group) is 1. The van der Waals surface area contributed by atoms with Gasteiger partial charge >= 0.3 is 0 Å². The second-order valence-electron chi connectivity index (χ2n) is 7.24. The highest BCUT2D eigenvalue weighted by Crippen LogP contribution is 2.17. The molecule has 3 rings (SSSR count). The van der Waals surface area contributed by atoms with E-state index < -0.39 is 0 Å². The van der Waals surface area contributed by atoms with E-state index in [9.17, 15) is 9.59 Å². The van der Waals surface area contributed by atoms with Gasteiger partial charge in [-0.1, -0.05) is 24.3 Å². The number of rotatable bonds is 5. The lowest BCUT2D eigenvalue weighted by atomic mass is 10.1. The zero-order chi connectivity index (χ0) is 17.8. The number of hydrogen-bond donors (Lipinski definition) is 1. The summed E-state index contributed by atoms with van der Waals surface area (Å²) >= 11 is 0. The molecule has 2 aliphatic rings. The van der Waals surface area contributed by atoms with Gasteiger partial charge in [0.15, 0.2) is 0 Å². The Morgan fingerprint density at radius 3 is 2.44 bits per heavy atom. The molecule has 1 atom stereocenters. The number of nitrogens with zero attached hydrogens (tertiary/aromatic N) is 3. The maximum absolute atomic E-state index is 12.3. The Kier molecular flexibility index (Phi) is 5.71. The van der Waals surface area contributed by atoms with Crippen molar-refractivity contribution >= 4 is 11.8 Å². The zero-order valence-electron chi connectivity index (χ0n) is 15.2. The molecule has 0 bridgehead atoms. The lowest BCUT2D eigenvalue weighted by Crippen LogP contribution is -2.44. The summed E-state index contributed by atoms with van der Waals surface area (Å²) in [6.07, 6.45) is 0.325. The third-order valence-corrected chi connectivity index (χ3v) is 5.27. The maximum atomic E-state index is 12.3. The monoisotopic (exact) mass is 344 g/mol. The van der Waals surface area contributed by atoms with Gasteiger partial charge < -0.3 is 15.1 Å². The van der Waals surface area contributed by atoms with Gasteiger partial charge in [0.1, 0.15) is 0 Å². The highest BCUT2D eigenvalue weighted by Gasteiger charge is 2.31. The summed E-state index contributed by atoms with van der Waals surface area (Å²) in [5.74, 6) is -0.190. The molecule has 2 amide bonds. The largest absolute Gasteiger partial charge is 0.352 e. The fourth-order valence-corrected chi connectivity index (χ4v) is 3.50. The maximum Gasteiger partial charge on any atom is 0.225 e. The predicted molar refractivity (Wildman–Crippen MR) is 96.8 cm³/mol. The van der Waals surface area contributed by atoms with Crippen molar-refractivity contribution in [3.05, 3.63) is 35.4 Å². The van der Waals surface area contributed by atoms with Gasteiger partial charge in [0.25, 0.3) is 0 Å². The number of likely N-dealkylation sites (tertiary alicyclic amines) is 1. The third kappa shape index (κ3) is 4.58. The van der Waals surface area contributed by atoms with E-state index in [-0.39, 0.29) is 17.7 Å². The van der Waals surface area contributed by atoms with Crippen LogP contribution in [0, 0.1) is 5.92 Å². The average molecular weight is 344 g/mol. The topological polar surface area (TPSA) is 55.9 Å². The third-order valence-electron chi connectivity index (χ3n) is 5.27. The molecule has 0 unspecified atom stereocenters. The Morgan fingerprint density at radius 1 is 1.12 bits per heavy atom. The SMILES string of the molecule is CN1CCN(Cc2ccccc2CNC(=O)[C@H]2CC(=O)N(C)C2)CC1. The summed E-state index contributed by atoms with van der Waals surface area (Å²) in [4.78, 5) is 30.4. The van der Waals surface area contributed by atoms with Gasteiger partial charge in [0.2, 0.25) is 11.8 Å². The van der Waals surface area contributed by atoms with Crippen LogP contribution < -0.4 is 5.32 Å². The first kappa shape index (κ1) is 17.9. The first-order valence-electron chi connectivity index (χ1n) is 9.02. The van der Waals surface area contributed by atoms with E-state index in [1.807, 2.05) is 6.07 Å². The van der Waals surface area contributed by atoms with Crippen LogP contribution >= 0.6 is 0 Å². The van der Waals surface area contributed by atoms with Crippen LogP contribution in [0.25, 0.3) is 0 Å². The minimum Gasteiger partial charge on any atom is -0.352 e. The fraction of sp³-hybridized carbons (Fsp3) is 0.579. The molecule has 2 aliphatic heterocycles. The normalized spacial score (nSPS) is 22.4. The Labute approximate surface area is 149 Å². The fourth-order valence-electron chi connectivity index (χ4n) is 3.50. The lowest BCUT2D eigenvalue weighted by Gasteiger charge is -2.32. The minimum atomic E-state index is -0.220. The van der Waals surface area contributed by atoms with Crippen LogP contribution in [0.15, 0.2) is 24.3 Å². The molecular formula is C19H28N4O2. The van der Waals surface area contributed by atoms with E-state index in [1.54, 1.807) is 11.9 Å². The summed E-state index contributed by atoms with van der Waals surface area (Å²) in [6, 6.07) is 8.30. The molecule has 136 valence electrons. The summed E-state index contributed by atoms with van der Waals surface area (Å²) in [6.45, 7) is 6.32. The van der Waals surface area contributed by atoms with Crippen molar-refractivity contribution < 1.29 is 9.59 Å². The van der Waals surface area contributed by atoms with Crippen molar-refractivity contribution in [3.63, 3.8) is 0 Å². The van der Waals surface area contributed by atoms with E-state index in [0.29, 0.717) is 19.5 Å². The Morgan fingerprint density at radius 2 is 1.80 bits per heavy atom. The average Bonchev–Trinajstić information content (AvgIpc) is 2.95. The molecule has 0 aliphatic carbocycles. The van der Waals surface area contributed by atoms with Gasteiger partial charge in [-0.3, -0.25) is 14.5 Å². The highest BCUT2D eigenvalue weighted by molar-refractivity contribution is 5.89. The lowest BCUT2D eigenvalue weighted by molar-refractivity contribution is -0.128. The van der Waals surface area contributed by atoms with Gasteiger partial charge in [-0.15, -0.1) is 0 Å². The van der Waals surface area contributed by atoms with Gasteiger partial charge in [-0.25, -0.2) is 0 Å². The minimum absolute atomic E-state index is 0.0212. The Hall–Kier alpha value is -1.92. The van der Waals surface area contributed by atoms with Crippen LogP contribution in [0.4, 0.5) is 0 Å². The van der Waals surface area contributed by atoms with Crippen molar-refractivity contribution in [2.45, 2.75) is 19.5 Å². The van der Waals surface area contributed by atoms with E-state index >= 15 is 0 Å². The molecular weight excluding hydrogens is 316 g/mol. The molecule has 0 radical (unpaired) electrons. The number of piperazine rings is 1. The van der Waals surface area contributed by atoms with Crippen molar-refractivity contribution in [2.24, 2.45) is 5.92 Å². The van der Waals surface area contributed by atoms with Crippen LogP contribution in [0.3, 0.4) is 0 Å². The predicted octanol–water partition coefficient (Wildman–Crippen LogP) is 0.529. The van der Waals surface area contributed by atoms with E-state index in [2.05, 4.69) is 40.4 Å². The number of carbonyl (C=O) groups excluding carboxylic acids is 2. The Bertz CT molecular complexity index is 626. The molecule has 2 fully saturated rings. The molecule has 2 heterocycles. The van der Waals surface area contributed by atoms with Crippen LogP contribution in [0.5, 0.6) is 0 Å². The van der Waals surface area contributed by atoms with Crippen LogP contribution in [-0.2, 0) is 22.7 Å². The second kappa shape index (κ2) is 7.97. The van der Waals surface area contributed by atoms with E-state index in [4.69, 9.17) is 0 Å². The molecule has 0 aromatic heterocycles. The molecule has 6 heteroatoms. The smallest absolute Gasteiger partial charge is 0.225 e. The standard InChI is InChI=1S/C19H28N4O2/c1-21-7-9-23(10-8-21)14-16-6-4-3-5-15(16)12-20-19(25)17-11-18(24)22(2)13-17/h3-6,17H,7-14H2,1-2H3,(H,20,25)/t17-/m0/s1. The van der Waals surface area contributed by atoms with E-state index in [1.165, 1.54) is 5.56 Å². The quantitative estimate of drug-likeness (QED) is 0.847. The van der Waals surface area contributed by atoms with Crippen molar-refractivity contribution in [2.75, 3.05) is 46.8 Å².